The topological polar surface area (TPSA) is 71.1 Å². The zero-order valence-corrected chi connectivity index (χ0v) is 19.3. The van der Waals surface area contributed by atoms with E-state index < -0.39 is 13.8 Å². The van der Waals surface area contributed by atoms with E-state index in [2.05, 4.69) is 0 Å². The molecule has 5 rings (SSSR count). The molecule has 6 nitrogen and oxygen atoms in total. The first-order valence-electron chi connectivity index (χ1n) is 10.8. The van der Waals surface area contributed by atoms with Gasteiger partial charge in [-0.15, -0.1) is 0 Å². The van der Waals surface area contributed by atoms with Gasteiger partial charge in [0.2, 0.25) is 0 Å². The first-order valence-corrected chi connectivity index (χ1v) is 12.3. The fraction of sp³-hybridized carbons (Fsp3) is 0.192. The number of unbranched alkanes of at least 4 members (excludes halogenated alkanes) is 1. The van der Waals surface area contributed by atoms with Crippen molar-refractivity contribution in [2.45, 2.75) is 19.8 Å². The van der Waals surface area contributed by atoms with Crippen molar-refractivity contribution < 1.29 is 27.7 Å². The van der Waals surface area contributed by atoms with Crippen molar-refractivity contribution in [3.63, 3.8) is 0 Å². The second-order valence-corrected chi connectivity index (χ2v) is 9.34. The van der Waals surface area contributed by atoms with Crippen LogP contribution in [0.25, 0.3) is 32.7 Å². The molecule has 0 fully saturated rings. The van der Waals surface area contributed by atoms with Gasteiger partial charge in [-0.2, -0.15) is 0 Å². The highest BCUT2D eigenvalue weighted by atomic mass is 31.2. The lowest BCUT2D eigenvalue weighted by atomic mass is 9.90. The zero-order chi connectivity index (χ0) is 23.0. The summed E-state index contributed by atoms with van der Waals surface area (Å²) in [5, 5.41) is 3.52. The molecule has 0 spiro atoms. The van der Waals surface area contributed by atoms with Crippen molar-refractivity contribution in [2.24, 2.45) is 0 Å². The van der Waals surface area contributed by atoms with Crippen LogP contribution in [0.4, 0.5) is 0 Å². The quantitative estimate of drug-likeness (QED) is 0.178. The minimum atomic E-state index is -4.09. The van der Waals surface area contributed by atoms with E-state index in [0.717, 1.165) is 28.0 Å². The summed E-state index contributed by atoms with van der Waals surface area (Å²) in [7, 11) is -2.79. The van der Waals surface area contributed by atoms with Crippen LogP contribution in [0.1, 0.15) is 30.1 Å². The monoisotopic (exact) mass is 462 g/mol. The molecule has 0 amide bonds. The number of carbonyl (C=O) groups excluding carboxylic acids is 1. The lowest BCUT2D eigenvalue weighted by molar-refractivity contribution is 0.0598. The highest BCUT2D eigenvalue weighted by Crippen LogP contribution is 2.60. The smallest absolute Gasteiger partial charge is 0.465 e. The average Bonchev–Trinajstić information content (AvgIpc) is 2.97. The largest absolute Gasteiger partial charge is 0.587 e. The summed E-state index contributed by atoms with van der Waals surface area (Å²) in [4.78, 5) is 12.8. The SMILES string of the molecule is CCCCO[P@]1(=O)Oc2ccc3ccccc3c2-c2c(c(C(=O)OC)cc3ccccc23)O1. The number of hydrogen-bond donors (Lipinski definition) is 0. The van der Waals surface area contributed by atoms with Gasteiger partial charge in [-0.05, 0) is 40.1 Å². The molecule has 1 aliphatic rings. The molecule has 4 aromatic rings. The van der Waals surface area contributed by atoms with Gasteiger partial charge in [-0.1, -0.05) is 67.9 Å². The second-order valence-electron chi connectivity index (χ2n) is 7.82. The Labute approximate surface area is 191 Å². The van der Waals surface area contributed by atoms with Crippen molar-refractivity contribution in [3.05, 3.63) is 72.3 Å². The third kappa shape index (κ3) is 3.75. The van der Waals surface area contributed by atoms with E-state index in [4.69, 9.17) is 18.3 Å². The van der Waals surface area contributed by atoms with Gasteiger partial charge in [0.15, 0.2) is 5.75 Å². The molecular formula is C26H23O6P. The van der Waals surface area contributed by atoms with Crippen LogP contribution in [0.15, 0.2) is 66.7 Å². The molecule has 0 saturated heterocycles. The van der Waals surface area contributed by atoms with Crippen molar-refractivity contribution >= 4 is 35.3 Å². The maximum atomic E-state index is 13.8. The van der Waals surface area contributed by atoms with E-state index in [0.29, 0.717) is 23.3 Å². The number of benzene rings is 4. The molecule has 1 heterocycles. The highest BCUT2D eigenvalue weighted by molar-refractivity contribution is 7.49. The maximum absolute atomic E-state index is 13.8. The van der Waals surface area contributed by atoms with Crippen LogP contribution in [-0.4, -0.2) is 19.7 Å². The lowest BCUT2D eigenvalue weighted by Gasteiger charge is -2.18. The molecular weight excluding hydrogens is 439 g/mol. The van der Waals surface area contributed by atoms with Crippen LogP contribution < -0.4 is 9.05 Å². The summed E-state index contributed by atoms with van der Waals surface area (Å²) in [6, 6.07) is 20.9. The number of phosphoric acid groups is 1. The molecule has 0 radical (unpaired) electrons. The van der Waals surface area contributed by atoms with Crippen LogP contribution in [0, 0.1) is 0 Å². The molecule has 1 aliphatic heterocycles. The fourth-order valence-corrected chi connectivity index (χ4v) is 5.44. The number of fused-ring (bicyclic) bond motifs is 7. The molecule has 0 aromatic heterocycles. The maximum Gasteiger partial charge on any atom is 0.587 e. The molecule has 0 unspecified atom stereocenters. The van der Waals surface area contributed by atoms with Crippen molar-refractivity contribution in [1.82, 2.24) is 0 Å². The van der Waals surface area contributed by atoms with Gasteiger partial charge in [0.05, 0.1) is 13.7 Å². The Balaban J connectivity index is 1.90. The van der Waals surface area contributed by atoms with Gasteiger partial charge in [0.25, 0.3) is 0 Å². The first-order chi connectivity index (χ1) is 16.0. The van der Waals surface area contributed by atoms with Gasteiger partial charge in [-0.3, -0.25) is 4.52 Å². The molecule has 0 bridgehead atoms. The Morgan fingerprint density at radius 2 is 1.61 bits per heavy atom. The third-order valence-corrected chi connectivity index (χ3v) is 7.03. The van der Waals surface area contributed by atoms with E-state index >= 15 is 0 Å². The van der Waals surface area contributed by atoms with E-state index in [1.807, 2.05) is 61.5 Å². The molecule has 4 aromatic carbocycles. The summed E-state index contributed by atoms with van der Waals surface area (Å²) in [5.41, 5.74) is 1.48. The Hall–Kier alpha value is -3.34. The van der Waals surface area contributed by atoms with E-state index in [1.54, 1.807) is 12.1 Å². The molecule has 1 atom stereocenters. The molecule has 33 heavy (non-hydrogen) atoms. The molecule has 7 heteroatoms. The number of hydrogen-bond acceptors (Lipinski definition) is 6. The number of methoxy groups -OCH3 is 1. The van der Waals surface area contributed by atoms with Gasteiger partial charge < -0.3 is 13.8 Å². The number of rotatable bonds is 5. The predicted octanol–water partition coefficient (Wildman–Crippen LogP) is 7.14. The van der Waals surface area contributed by atoms with Gasteiger partial charge >= 0.3 is 13.8 Å². The number of carbonyl (C=O) groups is 1. The Kier molecular flexibility index (Phi) is 5.57. The van der Waals surface area contributed by atoms with Gasteiger partial charge in [-0.25, -0.2) is 9.36 Å². The Morgan fingerprint density at radius 1 is 0.909 bits per heavy atom. The summed E-state index contributed by atoms with van der Waals surface area (Å²) < 4.78 is 36.4. The highest BCUT2D eigenvalue weighted by Gasteiger charge is 2.39. The normalized spacial score (nSPS) is 16.9. The zero-order valence-electron chi connectivity index (χ0n) is 18.4. The van der Waals surface area contributed by atoms with Crippen LogP contribution in [0.2, 0.25) is 0 Å². The molecule has 0 N–H and O–H groups in total. The molecule has 0 aliphatic carbocycles. The summed E-state index contributed by atoms with van der Waals surface area (Å²) in [5.74, 6) is -0.0873. The second kappa shape index (κ2) is 8.54. The van der Waals surface area contributed by atoms with Crippen LogP contribution in [-0.2, 0) is 13.8 Å². The number of ether oxygens (including phenoxy) is 1. The minimum Gasteiger partial charge on any atom is -0.465 e. The van der Waals surface area contributed by atoms with E-state index in [9.17, 15) is 9.36 Å². The van der Waals surface area contributed by atoms with Crippen molar-refractivity contribution in [2.75, 3.05) is 13.7 Å². The van der Waals surface area contributed by atoms with Crippen LogP contribution in [0.3, 0.4) is 0 Å². The summed E-state index contributed by atoms with van der Waals surface area (Å²) in [6.45, 7) is 2.21. The minimum absolute atomic E-state index is 0.135. The van der Waals surface area contributed by atoms with E-state index in [1.165, 1.54) is 7.11 Å². The number of esters is 1. The summed E-state index contributed by atoms with van der Waals surface area (Å²) in [6.07, 6.45) is 1.55. The Bertz CT molecular complexity index is 1430. The van der Waals surface area contributed by atoms with Crippen molar-refractivity contribution in [3.8, 4) is 22.6 Å². The van der Waals surface area contributed by atoms with Gasteiger partial charge in [0, 0.05) is 11.1 Å². The van der Waals surface area contributed by atoms with Crippen LogP contribution >= 0.6 is 7.82 Å². The average molecular weight is 462 g/mol. The Morgan fingerprint density at radius 3 is 2.33 bits per heavy atom. The molecule has 0 saturated carbocycles. The van der Waals surface area contributed by atoms with Gasteiger partial charge in [0.1, 0.15) is 11.3 Å². The van der Waals surface area contributed by atoms with Crippen molar-refractivity contribution in [1.29, 1.82) is 0 Å². The lowest BCUT2D eigenvalue weighted by Crippen LogP contribution is -2.09. The predicted molar refractivity (Wildman–Crippen MR) is 128 cm³/mol. The fourth-order valence-electron chi connectivity index (χ4n) is 4.14. The van der Waals surface area contributed by atoms with E-state index in [-0.39, 0.29) is 17.9 Å². The van der Waals surface area contributed by atoms with Crippen LogP contribution in [0.5, 0.6) is 11.5 Å². The summed E-state index contributed by atoms with van der Waals surface area (Å²) >= 11 is 0. The molecule has 168 valence electrons. The first kappa shape index (κ1) is 21.5. The number of phosphoric ester groups is 1. The third-order valence-electron chi connectivity index (χ3n) is 5.71. The standard InChI is InChI=1S/C26H23O6P/c1-3-4-15-30-33(28)31-22-14-13-17-9-5-7-11-19(17)23(22)24-20-12-8-6-10-18(20)16-21(25(24)32-33)26(27)29-2/h5-14,16H,3-4,15H2,1-2H3/t33-/m1/s1.